The zero-order valence-corrected chi connectivity index (χ0v) is 13.2. The molecule has 0 aromatic heterocycles. The van der Waals surface area contributed by atoms with Crippen LogP contribution in [-0.4, -0.2) is 18.9 Å². The van der Waals surface area contributed by atoms with E-state index in [0.717, 1.165) is 5.56 Å². The number of benzene rings is 2. The Morgan fingerprint density at radius 1 is 1.33 bits per heavy atom. The second-order valence-electron chi connectivity index (χ2n) is 5.87. The molecule has 0 bridgehead atoms. The van der Waals surface area contributed by atoms with Gasteiger partial charge in [-0.1, -0.05) is 30.3 Å². The average molecular weight is 327 g/mol. The Labute approximate surface area is 139 Å². The van der Waals surface area contributed by atoms with E-state index < -0.39 is 17.5 Å². The fraction of sp³-hybridized carbons (Fsp3) is 0.222. The maximum Gasteiger partial charge on any atom is 0.211 e. The molecular formula is C18H18FN3O2. The molecule has 0 spiro atoms. The van der Waals surface area contributed by atoms with E-state index >= 15 is 0 Å². The summed E-state index contributed by atoms with van der Waals surface area (Å²) in [5.74, 6) is -0.129. The third kappa shape index (κ3) is 3.00. The van der Waals surface area contributed by atoms with Crippen molar-refractivity contribution in [3.63, 3.8) is 0 Å². The van der Waals surface area contributed by atoms with Crippen molar-refractivity contribution in [3.05, 3.63) is 65.5 Å². The molecule has 3 N–H and O–H groups in total. The Kier molecular flexibility index (Phi) is 4.31. The van der Waals surface area contributed by atoms with E-state index in [4.69, 9.17) is 10.5 Å². The van der Waals surface area contributed by atoms with Crippen LogP contribution < -0.4 is 11.1 Å². The van der Waals surface area contributed by atoms with Gasteiger partial charge < -0.3 is 15.8 Å². The van der Waals surface area contributed by atoms with Crippen LogP contribution in [0.5, 0.6) is 0 Å². The van der Waals surface area contributed by atoms with Crippen molar-refractivity contribution in [2.45, 2.75) is 18.6 Å². The molecular weight excluding hydrogens is 309 g/mol. The minimum atomic E-state index is -0.958. The summed E-state index contributed by atoms with van der Waals surface area (Å²) >= 11 is 0. The highest BCUT2D eigenvalue weighted by molar-refractivity contribution is 5.87. The molecule has 2 atom stereocenters. The summed E-state index contributed by atoms with van der Waals surface area (Å²) in [6.07, 6.45) is 0.0957. The molecule has 124 valence electrons. The van der Waals surface area contributed by atoms with Gasteiger partial charge in [0.05, 0.1) is 6.61 Å². The first-order chi connectivity index (χ1) is 11.5. The molecule has 1 amide bonds. The Balaban J connectivity index is 1.96. The van der Waals surface area contributed by atoms with Crippen molar-refractivity contribution in [3.8, 4) is 0 Å². The number of nitrogens with zero attached hydrogens (tertiary/aromatic N) is 1. The summed E-state index contributed by atoms with van der Waals surface area (Å²) in [6.45, 7) is 1.93. The van der Waals surface area contributed by atoms with Gasteiger partial charge in [-0.25, -0.2) is 4.39 Å². The molecule has 1 aliphatic heterocycles. The van der Waals surface area contributed by atoms with Crippen LogP contribution in [0.25, 0.3) is 0 Å². The summed E-state index contributed by atoms with van der Waals surface area (Å²) in [6, 6.07) is 13.8. The number of amidine groups is 1. The monoisotopic (exact) mass is 327 g/mol. The number of anilines is 1. The summed E-state index contributed by atoms with van der Waals surface area (Å²) in [5.41, 5.74) is 6.85. The molecule has 3 rings (SSSR count). The molecule has 1 aliphatic rings. The van der Waals surface area contributed by atoms with Crippen molar-refractivity contribution in [2.24, 2.45) is 10.7 Å². The standard InChI is InChI=1S/C18H18FN3O2/c1-18(14-9-13(21-11-23)7-8-15(14)19)10-24-16(17(20)22-18)12-5-3-2-4-6-12/h2-9,11,16H,10H2,1H3,(H2,20,22)(H,21,23). The van der Waals surface area contributed by atoms with Gasteiger partial charge in [0.1, 0.15) is 23.3 Å². The Hall–Kier alpha value is -2.73. The van der Waals surface area contributed by atoms with E-state index in [1.165, 1.54) is 12.1 Å². The van der Waals surface area contributed by atoms with Crippen LogP contribution in [0.4, 0.5) is 10.1 Å². The van der Waals surface area contributed by atoms with Gasteiger partial charge in [0, 0.05) is 11.3 Å². The van der Waals surface area contributed by atoms with Crippen molar-refractivity contribution < 1.29 is 13.9 Å². The minimum absolute atomic E-state index is 0.175. The number of ether oxygens (including phenoxy) is 1. The number of nitrogens with one attached hydrogen (secondary N) is 1. The molecule has 2 aromatic carbocycles. The smallest absolute Gasteiger partial charge is 0.211 e. The highest BCUT2D eigenvalue weighted by atomic mass is 19.1. The Morgan fingerprint density at radius 2 is 2.08 bits per heavy atom. The van der Waals surface area contributed by atoms with Gasteiger partial charge in [-0.3, -0.25) is 9.79 Å². The fourth-order valence-corrected chi connectivity index (χ4v) is 2.84. The van der Waals surface area contributed by atoms with Crippen LogP contribution in [0.3, 0.4) is 0 Å². The molecule has 24 heavy (non-hydrogen) atoms. The lowest BCUT2D eigenvalue weighted by molar-refractivity contribution is -0.105. The van der Waals surface area contributed by atoms with Gasteiger partial charge in [0.2, 0.25) is 6.41 Å². The van der Waals surface area contributed by atoms with Crippen molar-refractivity contribution in [2.75, 3.05) is 11.9 Å². The highest BCUT2D eigenvalue weighted by Crippen LogP contribution is 2.36. The molecule has 2 unspecified atom stereocenters. The lowest BCUT2D eigenvalue weighted by atomic mass is 9.90. The van der Waals surface area contributed by atoms with E-state index in [2.05, 4.69) is 10.3 Å². The van der Waals surface area contributed by atoms with Gasteiger partial charge in [0.15, 0.2) is 0 Å². The summed E-state index contributed by atoms with van der Waals surface area (Å²) in [7, 11) is 0. The number of carbonyl (C=O) groups is 1. The number of carbonyl (C=O) groups excluding carboxylic acids is 1. The SMILES string of the molecule is CC1(c2cc(NC=O)ccc2F)COC(c2ccccc2)C(N)=N1. The maximum atomic E-state index is 14.3. The summed E-state index contributed by atoms with van der Waals surface area (Å²) < 4.78 is 20.2. The zero-order valence-electron chi connectivity index (χ0n) is 13.2. The molecule has 0 saturated carbocycles. The first-order valence-corrected chi connectivity index (χ1v) is 7.55. The third-order valence-corrected chi connectivity index (χ3v) is 4.05. The second-order valence-corrected chi connectivity index (χ2v) is 5.87. The van der Waals surface area contributed by atoms with Gasteiger partial charge in [-0.2, -0.15) is 0 Å². The molecule has 6 heteroatoms. The summed E-state index contributed by atoms with van der Waals surface area (Å²) in [5, 5.41) is 2.51. The van der Waals surface area contributed by atoms with E-state index in [9.17, 15) is 9.18 Å². The molecule has 0 aliphatic carbocycles. The number of halogens is 1. The molecule has 0 fully saturated rings. The number of amides is 1. The number of hydrogen-bond acceptors (Lipinski definition) is 4. The number of aliphatic imine (C=N–C) groups is 1. The Bertz CT molecular complexity index is 779. The first-order valence-electron chi connectivity index (χ1n) is 7.55. The number of hydrogen-bond donors (Lipinski definition) is 2. The topological polar surface area (TPSA) is 76.7 Å². The predicted octanol–water partition coefficient (Wildman–Crippen LogP) is 2.74. The molecule has 1 heterocycles. The van der Waals surface area contributed by atoms with Crippen molar-refractivity contribution in [1.29, 1.82) is 0 Å². The highest BCUT2D eigenvalue weighted by Gasteiger charge is 2.36. The molecule has 2 aromatic rings. The molecule has 0 radical (unpaired) electrons. The Morgan fingerprint density at radius 3 is 2.75 bits per heavy atom. The van der Waals surface area contributed by atoms with Crippen LogP contribution in [0.2, 0.25) is 0 Å². The predicted molar refractivity (Wildman–Crippen MR) is 90.2 cm³/mol. The van der Waals surface area contributed by atoms with Crippen molar-refractivity contribution >= 4 is 17.9 Å². The van der Waals surface area contributed by atoms with Gasteiger partial charge >= 0.3 is 0 Å². The van der Waals surface area contributed by atoms with Crippen LogP contribution in [-0.2, 0) is 15.1 Å². The van der Waals surface area contributed by atoms with Gasteiger partial charge in [-0.15, -0.1) is 0 Å². The van der Waals surface area contributed by atoms with Crippen LogP contribution in [0.1, 0.15) is 24.2 Å². The minimum Gasteiger partial charge on any atom is -0.385 e. The number of rotatable bonds is 4. The third-order valence-electron chi connectivity index (χ3n) is 4.05. The fourth-order valence-electron chi connectivity index (χ4n) is 2.84. The normalized spacial score (nSPS) is 23.4. The largest absolute Gasteiger partial charge is 0.385 e. The van der Waals surface area contributed by atoms with E-state index in [-0.39, 0.29) is 6.61 Å². The summed E-state index contributed by atoms with van der Waals surface area (Å²) in [4.78, 5) is 15.1. The first kappa shape index (κ1) is 16.1. The van der Waals surface area contributed by atoms with Crippen LogP contribution in [0.15, 0.2) is 53.5 Å². The zero-order chi connectivity index (χ0) is 17.2. The van der Waals surface area contributed by atoms with E-state index in [1.807, 2.05) is 30.3 Å². The van der Waals surface area contributed by atoms with E-state index in [1.54, 1.807) is 13.0 Å². The lowest BCUT2D eigenvalue weighted by Gasteiger charge is -2.34. The number of nitrogens with two attached hydrogens (primary N) is 1. The van der Waals surface area contributed by atoms with Crippen LogP contribution in [0, 0.1) is 5.82 Å². The maximum absolute atomic E-state index is 14.3. The average Bonchev–Trinajstić information content (AvgIpc) is 2.57. The lowest BCUT2D eigenvalue weighted by Crippen LogP contribution is -2.40. The van der Waals surface area contributed by atoms with Crippen molar-refractivity contribution in [1.82, 2.24) is 0 Å². The second kappa shape index (κ2) is 6.41. The van der Waals surface area contributed by atoms with Gasteiger partial charge in [-0.05, 0) is 30.7 Å². The quantitative estimate of drug-likeness (QED) is 0.848. The molecule has 0 saturated heterocycles. The molecule has 5 nitrogen and oxygen atoms in total. The van der Waals surface area contributed by atoms with E-state index in [0.29, 0.717) is 23.5 Å². The van der Waals surface area contributed by atoms with Gasteiger partial charge in [0.25, 0.3) is 0 Å². The van der Waals surface area contributed by atoms with Crippen LogP contribution >= 0.6 is 0 Å².